The molecule has 1 rings (SSSR count). The van der Waals surface area contributed by atoms with Gasteiger partial charge in [0, 0.05) is 13.1 Å². The van der Waals surface area contributed by atoms with Gasteiger partial charge >= 0.3 is 0 Å². The van der Waals surface area contributed by atoms with Crippen LogP contribution in [0, 0.1) is 13.8 Å². The van der Waals surface area contributed by atoms with Crippen LogP contribution in [0.4, 0.5) is 0 Å². The van der Waals surface area contributed by atoms with Crippen LogP contribution in [-0.4, -0.2) is 30.9 Å². The fourth-order valence-corrected chi connectivity index (χ4v) is 3.38. The summed E-state index contributed by atoms with van der Waals surface area (Å²) in [4.78, 5) is 0.272. The van der Waals surface area contributed by atoms with E-state index in [1.165, 1.54) is 4.31 Å². The second-order valence-electron chi connectivity index (χ2n) is 4.82. The van der Waals surface area contributed by atoms with Crippen molar-refractivity contribution < 1.29 is 13.5 Å². The van der Waals surface area contributed by atoms with Gasteiger partial charge in [-0.05, 0) is 50.5 Å². The number of nitrogens with zero attached hydrogens (tertiary/aromatic N) is 1. The molecule has 0 aliphatic heterocycles. The van der Waals surface area contributed by atoms with Gasteiger partial charge in [-0.3, -0.25) is 0 Å². The summed E-state index contributed by atoms with van der Waals surface area (Å²) in [6, 6.07) is 3.26. The summed E-state index contributed by atoms with van der Waals surface area (Å²) >= 11 is 0. The first kappa shape index (κ1) is 15.1. The van der Waals surface area contributed by atoms with Crippen molar-refractivity contribution in [3.8, 4) is 0 Å². The molecular formula is C13H21NO3S. The lowest BCUT2D eigenvalue weighted by Gasteiger charge is -2.22. The third kappa shape index (κ3) is 2.74. The molecule has 0 aliphatic rings. The van der Waals surface area contributed by atoms with Gasteiger partial charge in [0.15, 0.2) is 0 Å². The number of hydrogen-bond acceptors (Lipinski definition) is 3. The van der Waals surface area contributed by atoms with Crippen LogP contribution in [0.5, 0.6) is 0 Å². The molecule has 0 saturated carbocycles. The molecule has 0 radical (unpaired) electrons. The Hall–Kier alpha value is -0.910. The number of hydrogen-bond donors (Lipinski definition) is 1. The molecule has 0 aliphatic carbocycles. The second kappa shape index (κ2) is 5.38. The highest BCUT2D eigenvalue weighted by Crippen LogP contribution is 2.24. The Morgan fingerprint density at radius 3 is 2.22 bits per heavy atom. The third-order valence-electron chi connectivity index (χ3n) is 3.19. The van der Waals surface area contributed by atoms with Gasteiger partial charge in [0.05, 0.1) is 11.5 Å². The van der Waals surface area contributed by atoms with E-state index < -0.39 is 10.0 Å². The van der Waals surface area contributed by atoms with E-state index in [0.29, 0.717) is 11.1 Å². The van der Waals surface area contributed by atoms with Crippen LogP contribution in [0.25, 0.3) is 0 Å². The number of benzene rings is 1. The Morgan fingerprint density at radius 2 is 1.78 bits per heavy atom. The van der Waals surface area contributed by atoms with E-state index in [0.717, 1.165) is 5.56 Å². The molecule has 0 spiro atoms. The summed E-state index contributed by atoms with van der Waals surface area (Å²) in [6.07, 6.45) is 0. The number of aliphatic hydroxyl groups excluding tert-OH is 1. The van der Waals surface area contributed by atoms with Crippen molar-refractivity contribution in [3.05, 3.63) is 28.8 Å². The Balaban J connectivity index is 3.42. The highest BCUT2D eigenvalue weighted by Gasteiger charge is 2.25. The first-order valence-electron chi connectivity index (χ1n) is 5.90. The van der Waals surface area contributed by atoms with Crippen molar-refractivity contribution in [2.45, 2.75) is 45.2 Å². The first-order chi connectivity index (χ1) is 8.21. The Labute approximate surface area is 109 Å². The highest BCUT2D eigenvalue weighted by atomic mass is 32.2. The zero-order valence-electron chi connectivity index (χ0n) is 11.6. The van der Waals surface area contributed by atoms with E-state index in [-0.39, 0.29) is 17.5 Å². The molecule has 0 unspecified atom stereocenters. The second-order valence-corrected chi connectivity index (χ2v) is 6.78. The normalized spacial score (nSPS) is 12.4. The van der Waals surface area contributed by atoms with E-state index in [9.17, 15) is 13.5 Å². The van der Waals surface area contributed by atoms with Gasteiger partial charge in [-0.15, -0.1) is 0 Å². The first-order valence-corrected chi connectivity index (χ1v) is 7.34. The van der Waals surface area contributed by atoms with Gasteiger partial charge in [-0.25, -0.2) is 8.42 Å². The number of rotatable bonds is 4. The molecule has 0 aromatic heterocycles. The van der Waals surface area contributed by atoms with Gasteiger partial charge in [-0.1, -0.05) is 6.07 Å². The molecule has 1 N–H and O–H groups in total. The van der Waals surface area contributed by atoms with Crippen molar-refractivity contribution in [2.24, 2.45) is 0 Å². The lowest BCUT2D eigenvalue weighted by atomic mass is 10.1. The average molecular weight is 271 g/mol. The Morgan fingerprint density at radius 1 is 1.22 bits per heavy atom. The molecule has 18 heavy (non-hydrogen) atoms. The zero-order chi connectivity index (χ0) is 14.1. The lowest BCUT2D eigenvalue weighted by Crippen LogP contribution is -2.33. The maximum Gasteiger partial charge on any atom is 0.243 e. The van der Waals surface area contributed by atoms with Crippen LogP contribution in [0.15, 0.2) is 17.0 Å². The fourth-order valence-electron chi connectivity index (χ4n) is 1.76. The van der Waals surface area contributed by atoms with Crippen molar-refractivity contribution in [2.75, 3.05) is 7.05 Å². The van der Waals surface area contributed by atoms with E-state index in [1.54, 1.807) is 26.1 Å². The summed E-state index contributed by atoms with van der Waals surface area (Å²) in [5, 5.41) is 9.24. The molecule has 1 aromatic rings. The number of sulfonamides is 1. The number of aliphatic hydroxyl groups is 1. The third-order valence-corrected chi connectivity index (χ3v) is 5.36. The van der Waals surface area contributed by atoms with Crippen LogP contribution < -0.4 is 0 Å². The maximum atomic E-state index is 12.4. The average Bonchev–Trinajstić information content (AvgIpc) is 2.27. The molecular weight excluding hydrogens is 250 g/mol. The summed E-state index contributed by atoms with van der Waals surface area (Å²) in [5.74, 6) is 0. The maximum absolute atomic E-state index is 12.4. The van der Waals surface area contributed by atoms with Crippen molar-refractivity contribution >= 4 is 10.0 Å². The highest BCUT2D eigenvalue weighted by molar-refractivity contribution is 7.89. The summed E-state index contributed by atoms with van der Waals surface area (Å²) in [5.41, 5.74) is 2.26. The minimum atomic E-state index is -3.50. The van der Waals surface area contributed by atoms with E-state index in [4.69, 9.17) is 0 Å². The van der Waals surface area contributed by atoms with E-state index >= 15 is 0 Å². The standard InChI is InChI=1S/C13H21NO3S/c1-9(2)14(5)18(16,17)13-7-12(8-15)10(3)6-11(13)4/h6-7,9,15H,8H2,1-5H3. The number of aryl methyl sites for hydroxylation is 2. The van der Waals surface area contributed by atoms with Gasteiger partial charge in [0.25, 0.3) is 0 Å². The smallest absolute Gasteiger partial charge is 0.243 e. The van der Waals surface area contributed by atoms with Crippen molar-refractivity contribution in [3.63, 3.8) is 0 Å². The molecule has 0 fully saturated rings. The van der Waals surface area contributed by atoms with Crippen molar-refractivity contribution in [1.82, 2.24) is 4.31 Å². The molecule has 1 aromatic carbocycles. The molecule has 5 heteroatoms. The van der Waals surface area contributed by atoms with E-state index in [1.807, 2.05) is 20.8 Å². The van der Waals surface area contributed by atoms with Gasteiger partial charge < -0.3 is 5.11 Å². The quantitative estimate of drug-likeness (QED) is 0.909. The Kier molecular flexibility index (Phi) is 4.53. The summed E-state index contributed by atoms with van der Waals surface area (Å²) in [7, 11) is -1.93. The minimum absolute atomic E-state index is 0.103. The van der Waals surface area contributed by atoms with Crippen LogP contribution in [-0.2, 0) is 16.6 Å². The zero-order valence-corrected chi connectivity index (χ0v) is 12.4. The molecule has 4 nitrogen and oxygen atoms in total. The SMILES string of the molecule is Cc1cc(C)c(S(=O)(=O)N(C)C(C)C)cc1CO. The molecule has 0 atom stereocenters. The summed E-state index contributed by atoms with van der Waals surface area (Å²) in [6.45, 7) is 7.14. The molecule has 0 heterocycles. The summed E-state index contributed by atoms with van der Waals surface area (Å²) < 4.78 is 26.2. The van der Waals surface area contributed by atoms with Crippen LogP contribution >= 0.6 is 0 Å². The lowest BCUT2D eigenvalue weighted by molar-refractivity contribution is 0.280. The molecule has 0 amide bonds. The fraction of sp³-hybridized carbons (Fsp3) is 0.538. The monoisotopic (exact) mass is 271 g/mol. The minimum Gasteiger partial charge on any atom is -0.392 e. The Bertz CT molecular complexity index is 535. The van der Waals surface area contributed by atoms with Gasteiger partial charge in [0.1, 0.15) is 0 Å². The van der Waals surface area contributed by atoms with Gasteiger partial charge in [-0.2, -0.15) is 4.31 Å². The molecule has 0 bridgehead atoms. The van der Waals surface area contributed by atoms with Gasteiger partial charge in [0.2, 0.25) is 10.0 Å². The van der Waals surface area contributed by atoms with Crippen molar-refractivity contribution in [1.29, 1.82) is 0 Å². The van der Waals surface area contributed by atoms with Crippen LogP contribution in [0.3, 0.4) is 0 Å². The molecule has 102 valence electrons. The van der Waals surface area contributed by atoms with E-state index in [2.05, 4.69) is 0 Å². The topological polar surface area (TPSA) is 57.6 Å². The largest absolute Gasteiger partial charge is 0.392 e. The van der Waals surface area contributed by atoms with Crippen LogP contribution in [0.2, 0.25) is 0 Å². The predicted octanol–water partition coefficient (Wildman–Crippen LogP) is 1.82. The van der Waals surface area contributed by atoms with Crippen LogP contribution in [0.1, 0.15) is 30.5 Å². The predicted molar refractivity (Wildman–Crippen MR) is 71.9 cm³/mol. The molecule has 0 saturated heterocycles.